The van der Waals surface area contributed by atoms with Crippen LogP contribution in [0.1, 0.15) is 32.3 Å². The van der Waals surface area contributed by atoms with Crippen molar-refractivity contribution in [2.45, 2.75) is 37.7 Å². The highest BCUT2D eigenvalue weighted by Gasteiger charge is 2.54. The van der Waals surface area contributed by atoms with Gasteiger partial charge in [-0.25, -0.2) is 0 Å². The van der Waals surface area contributed by atoms with Gasteiger partial charge in [-0.2, -0.15) is 0 Å². The molecule has 4 heteroatoms. The van der Waals surface area contributed by atoms with E-state index < -0.39 is 17.0 Å². The summed E-state index contributed by atoms with van der Waals surface area (Å²) < 4.78 is 0. The second kappa shape index (κ2) is 5.54. The Hall–Kier alpha value is -1.39. The highest BCUT2D eigenvalue weighted by Crippen LogP contribution is 2.42. The molecule has 0 radical (unpaired) electrons. The van der Waals surface area contributed by atoms with E-state index in [2.05, 4.69) is 11.8 Å². The lowest BCUT2D eigenvalue weighted by Gasteiger charge is -2.47. The van der Waals surface area contributed by atoms with Crippen molar-refractivity contribution < 1.29 is 15.0 Å². The van der Waals surface area contributed by atoms with Gasteiger partial charge in [-0.05, 0) is 31.9 Å². The third-order valence-electron chi connectivity index (χ3n) is 4.84. The number of hydrogen-bond acceptors (Lipinski definition) is 3. The average Bonchev–Trinajstić information content (AvgIpc) is 2.47. The summed E-state index contributed by atoms with van der Waals surface area (Å²) in [5.41, 5.74) is -1.81. The van der Waals surface area contributed by atoms with Crippen molar-refractivity contribution in [1.82, 2.24) is 4.90 Å². The van der Waals surface area contributed by atoms with Gasteiger partial charge in [-0.15, -0.1) is 0 Å². The Labute approximate surface area is 120 Å². The zero-order chi connectivity index (χ0) is 14.8. The first-order chi connectivity index (χ1) is 9.44. The minimum atomic E-state index is -1.27. The SMILES string of the molecule is CCN1CCC(O)(C(C)(C(=O)O)c2ccccc2)CC1. The summed E-state index contributed by atoms with van der Waals surface area (Å²) in [5, 5.41) is 20.8. The highest BCUT2D eigenvalue weighted by atomic mass is 16.4. The van der Waals surface area contributed by atoms with Crippen LogP contribution in [0.15, 0.2) is 30.3 Å². The number of aliphatic carboxylic acids is 1. The molecule has 2 rings (SSSR count). The second-order valence-electron chi connectivity index (χ2n) is 5.76. The monoisotopic (exact) mass is 277 g/mol. The minimum absolute atomic E-state index is 0.485. The van der Waals surface area contributed by atoms with Crippen LogP contribution < -0.4 is 0 Å². The first kappa shape index (κ1) is 15.0. The van der Waals surface area contributed by atoms with Crippen LogP contribution in [-0.2, 0) is 10.2 Å². The van der Waals surface area contributed by atoms with Gasteiger partial charge in [0, 0.05) is 13.1 Å². The van der Waals surface area contributed by atoms with Crippen LogP contribution >= 0.6 is 0 Å². The summed E-state index contributed by atoms with van der Waals surface area (Å²) in [4.78, 5) is 14.1. The van der Waals surface area contributed by atoms with E-state index in [1.54, 1.807) is 19.1 Å². The Bertz CT molecular complexity index is 466. The van der Waals surface area contributed by atoms with Gasteiger partial charge < -0.3 is 15.1 Å². The largest absolute Gasteiger partial charge is 0.481 e. The molecule has 1 aromatic carbocycles. The smallest absolute Gasteiger partial charge is 0.316 e. The van der Waals surface area contributed by atoms with E-state index >= 15 is 0 Å². The fourth-order valence-electron chi connectivity index (χ4n) is 3.10. The Morgan fingerprint density at radius 2 is 1.85 bits per heavy atom. The second-order valence-corrected chi connectivity index (χ2v) is 5.76. The van der Waals surface area contributed by atoms with Crippen LogP contribution in [0, 0.1) is 0 Å². The lowest BCUT2D eigenvalue weighted by atomic mass is 9.64. The number of carbonyl (C=O) groups is 1. The molecule has 0 saturated carbocycles. The summed E-state index contributed by atoms with van der Waals surface area (Å²) in [7, 11) is 0. The molecule has 1 unspecified atom stereocenters. The number of aliphatic hydroxyl groups is 1. The molecule has 1 atom stereocenters. The lowest BCUT2D eigenvalue weighted by molar-refractivity contribution is -0.160. The van der Waals surface area contributed by atoms with Crippen molar-refractivity contribution in [3.05, 3.63) is 35.9 Å². The van der Waals surface area contributed by atoms with Crippen molar-refractivity contribution in [3.63, 3.8) is 0 Å². The number of carboxylic acid groups (broad SMARTS) is 1. The molecule has 4 nitrogen and oxygen atoms in total. The van der Waals surface area contributed by atoms with Gasteiger partial charge in [0.05, 0.1) is 5.60 Å². The predicted octanol–water partition coefficient (Wildman–Crippen LogP) is 1.88. The Balaban J connectivity index is 2.36. The van der Waals surface area contributed by atoms with Crippen LogP contribution in [0.25, 0.3) is 0 Å². The van der Waals surface area contributed by atoms with Crippen LogP contribution in [-0.4, -0.2) is 46.3 Å². The molecule has 0 bridgehead atoms. The zero-order valence-electron chi connectivity index (χ0n) is 12.2. The minimum Gasteiger partial charge on any atom is -0.481 e. The van der Waals surface area contributed by atoms with Crippen LogP contribution in [0.3, 0.4) is 0 Å². The van der Waals surface area contributed by atoms with Crippen molar-refractivity contribution in [3.8, 4) is 0 Å². The summed E-state index contributed by atoms with van der Waals surface area (Å²) in [6.07, 6.45) is 0.969. The molecular weight excluding hydrogens is 254 g/mol. The van der Waals surface area contributed by atoms with Crippen LogP contribution in [0.4, 0.5) is 0 Å². The molecule has 0 aromatic heterocycles. The molecule has 110 valence electrons. The fourth-order valence-corrected chi connectivity index (χ4v) is 3.10. The summed E-state index contributed by atoms with van der Waals surface area (Å²) in [5.74, 6) is -0.962. The Kier molecular flexibility index (Phi) is 4.16. The molecule has 2 N–H and O–H groups in total. The third kappa shape index (κ3) is 2.34. The molecule has 1 fully saturated rings. The number of piperidine rings is 1. The first-order valence-corrected chi connectivity index (χ1v) is 7.17. The topological polar surface area (TPSA) is 60.8 Å². The molecule has 1 aliphatic heterocycles. The van der Waals surface area contributed by atoms with Crippen LogP contribution in [0.2, 0.25) is 0 Å². The number of rotatable bonds is 4. The maximum Gasteiger partial charge on any atom is 0.316 e. The van der Waals surface area contributed by atoms with Crippen molar-refractivity contribution >= 4 is 5.97 Å². The number of carboxylic acids is 1. The zero-order valence-corrected chi connectivity index (χ0v) is 12.2. The molecule has 1 heterocycles. The van der Waals surface area contributed by atoms with Gasteiger partial charge >= 0.3 is 5.97 Å². The van der Waals surface area contributed by atoms with E-state index in [4.69, 9.17) is 0 Å². The fraction of sp³-hybridized carbons (Fsp3) is 0.562. The summed E-state index contributed by atoms with van der Waals surface area (Å²) >= 11 is 0. The lowest BCUT2D eigenvalue weighted by Crippen LogP contribution is -2.59. The van der Waals surface area contributed by atoms with Crippen LogP contribution in [0.5, 0.6) is 0 Å². The molecular formula is C16H23NO3. The van der Waals surface area contributed by atoms with Gasteiger partial charge in [0.25, 0.3) is 0 Å². The number of nitrogens with zero attached hydrogens (tertiary/aromatic N) is 1. The van der Waals surface area contributed by atoms with Gasteiger partial charge in [0.15, 0.2) is 0 Å². The summed E-state index contributed by atoms with van der Waals surface area (Å²) in [6.45, 7) is 6.14. The number of hydrogen-bond donors (Lipinski definition) is 2. The molecule has 1 saturated heterocycles. The Morgan fingerprint density at radius 1 is 1.30 bits per heavy atom. The van der Waals surface area contributed by atoms with Crippen molar-refractivity contribution in [2.75, 3.05) is 19.6 Å². The van der Waals surface area contributed by atoms with Gasteiger partial charge in [0.1, 0.15) is 5.41 Å². The maximum atomic E-state index is 11.9. The standard InChI is InChI=1S/C16H23NO3/c1-3-17-11-9-16(20,10-12-17)15(2,14(18)19)13-7-5-4-6-8-13/h4-8,20H,3,9-12H2,1-2H3,(H,18,19). The summed E-state index contributed by atoms with van der Waals surface area (Å²) in [6, 6.07) is 9.08. The number of likely N-dealkylation sites (tertiary alicyclic amines) is 1. The van der Waals surface area contributed by atoms with Gasteiger partial charge in [0.2, 0.25) is 0 Å². The average molecular weight is 277 g/mol. The molecule has 0 aliphatic carbocycles. The normalized spacial score (nSPS) is 22.1. The van der Waals surface area contributed by atoms with E-state index in [1.807, 2.05) is 18.2 Å². The molecule has 1 aliphatic rings. The van der Waals surface area contributed by atoms with E-state index in [9.17, 15) is 15.0 Å². The number of benzene rings is 1. The molecule has 1 aromatic rings. The van der Waals surface area contributed by atoms with E-state index in [1.165, 1.54) is 0 Å². The van der Waals surface area contributed by atoms with E-state index in [-0.39, 0.29) is 0 Å². The first-order valence-electron chi connectivity index (χ1n) is 7.17. The quantitative estimate of drug-likeness (QED) is 0.882. The molecule has 0 amide bonds. The molecule has 20 heavy (non-hydrogen) atoms. The van der Waals surface area contributed by atoms with E-state index in [0.29, 0.717) is 18.4 Å². The van der Waals surface area contributed by atoms with E-state index in [0.717, 1.165) is 19.6 Å². The third-order valence-corrected chi connectivity index (χ3v) is 4.84. The van der Waals surface area contributed by atoms with Crippen molar-refractivity contribution in [2.24, 2.45) is 0 Å². The van der Waals surface area contributed by atoms with Gasteiger partial charge in [-0.1, -0.05) is 37.3 Å². The Morgan fingerprint density at radius 3 is 2.30 bits per heavy atom. The van der Waals surface area contributed by atoms with Crippen molar-refractivity contribution in [1.29, 1.82) is 0 Å². The highest BCUT2D eigenvalue weighted by molar-refractivity contribution is 5.82. The molecule has 0 spiro atoms. The maximum absolute atomic E-state index is 11.9. The predicted molar refractivity (Wildman–Crippen MR) is 77.7 cm³/mol. The van der Waals surface area contributed by atoms with Gasteiger partial charge in [-0.3, -0.25) is 4.79 Å².